The molecule has 0 spiro atoms. The first-order valence-corrected chi connectivity index (χ1v) is 14.6. The Kier molecular flexibility index (Phi) is 8.66. The topological polar surface area (TPSA) is 26.3 Å². The monoisotopic (exact) mass is 430 g/mol. The molecular formula is C28H34O2Si. The molecule has 0 amide bonds. The summed E-state index contributed by atoms with van der Waals surface area (Å²) in [5.41, 5.74) is 1.92. The molecule has 0 radical (unpaired) electrons. The van der Waals surface area contributed by atoms with Crippen molar-refractivity contribution in [1.82, 2.24) is 0 Å². The molecule has 0 fully saturated rings. The summed E-state index contributed by atoms with van der Waals surface area (Å²) in [6.07, 6.45) is 4.93. The third-order valence-corrected chi connectivity index (χ3v) is 9.51. The van der Waals surface area contributed by atoms with Gasteiger partial charge in [-0.05, 0) is 37.0 Å². The second kappa shape index (κ2) is 11.7. The van der Waals surface area contributed by atoms with Crippen LogP contribution in [0.5, 0.6) is 0 Å². The van der Waals surface area contributed by atoms with Gasteiger partial charge in [0.15, 0.2) is 0 Å². The second-order valence-corrected chi connectivity index (χ2v) is 13.8. The Hall–Kier alpha value is -2.65. The Bertz CT molecular complexity index is 908. The molecule has 0 bridgehead atoms. The second-order valence-electron chi connectivity index (χ2n) is 8.91. The summed E-state index contributed by atoms with van der Waals surface area (Å²) >= 11 is 0. The minimum atomic E-state index is -1.41. The van der Waals surface area contributed by atoms with Crippen LogP contribution in [0.1, 0.15) is 41.6 Å². The van der Waals surface area contributed by atoms with E-state index in [2.05, 4.69) is 67.7 Å². The van der Waals surface area contributed by atoms with Crippen molar-refractivity contribution in [3.05, 3.63) is 102 Å². The van der Waals surface area contributed by atoms with Gasteiger partial charge >= 0.3 is 5.97 Å². The summed E-state index contributed by atoms with van der Waals surface area (Å²) in [6, 6.07) is 32.0. The molecule has 0 aliphatic heterocycles. The fraction of sp³-hybridized carbons (Fsp3) is 0.321. The van der Waals surface area contributed by atoms with Crippen molar-refractivity contribution in [2.45, 2.75) is 57.3 Å². The minimum absolute atomic E-state index is 0.0468. The van der Waals surface area contributed by atoms with Crippen LogP contribution in [0.3, 0.4) is 0 Å². The van der Waals surface area contributed by atoms with E-state index in [0.717, 1.165) is 25.7 Å². The van der Waals surface area contributed by atoms with Crippen molar-refractivity contribution in [2.75, 3.05) is 0 Å². The number of carbonyl (C=O) groups excluding carboxylic acids is 1. The van der Waals surface area contributed by atoms with Crippen molar-refractivity contribution in [3.63, 3.8) is 0 Å². The predicted octanol–water partition coefficient (Wildman–Crippen LogP) is 6.63. The van der Waals surface area contributed by atoms with Crippen LogP contribution in [0.15, 0.2) is 91.0 Å². The van der Waals surface area contributed by atoms with Gasteiger partial charge in [0.1, 0.15) is 6.10 Å². The van der Waals surface area contributed by atoms with Gasteiger partial charge in [-0.2, -0.15) is 0 Å². The van der Waals surface area contributed by atoms with Crippen LogP contribution in [0.25, 0.3) is 0 Å². The predicted molar refractivity (Wildman–Crippen MR) is 133 cm³/mol. The lowest BCUT2D eigenvalue weighted by Crippen LogP contribution is -2.40. The highest BCUT2D eigenvalue weighted by Gasteiger charge is 2.23. The summed E-state index contributed by atoms with van der Waals surface area (Å²) in [4.78, 5) is 12.6. The molecule has 0 saturated heterocycles. The fourth-order valence-corrected chi connectivity index (χ4v) is 6.52. The van der Waals surface area contributed by atoms with E-state index in [-0.39, 0.29) is 12.1 Å². The lowest BCUT2D eigenvalue weighted by atomic mass is 10.0. The van der Waals surface area contributed by atoms with E-state index in [0.29, 0.717) is 5.56 Å². The van der Waals surface area contributed by atoms with E-state index < -0.39 is 8.07 Å². The van der Waals surface area contributed by atoms with Crippen LogP contribution in [0.4, 0.5) is 0 Å². The van der Waals surface area contributed by atoms with Gasteiger partial charge in [-0.25, -0.2) is 4.79 Å². The summed E-state index contributed by atoms with van der Waals surface area (Å²) in [5, 5.41) is 1.52. The van der Waals surface area contributed by atoms with Gasteiger partial charge < -0.3 is 4.74 Å². The molecule has 0 aliphatic rings. The largest absolute Gasteiger partial charge is 0.459 e. The summed E-state index contributed by atoms with van der Waals surface area (Å²) in [7, 11) is -1.41. The molecule has 3 aromatic rings. The van der Waals surface area contributed by atoms with E-state index in [1.165, 1.54) is 23.2 Å². The maximum Gasteiger partial charge on any atom is 0.338 e. The molecule has 0 aliphatic carbocycles. The normalized spacial score (nSPS) is 12.3. The van der Waals surface area contributed by atoms with Gasteiger partial charge in [-0.3, -0.25) is 0 Å². The maximum atomic E-state index is 12.6. The van der Waals surface area contributed by atoms with E-state index in [4.69, 9.17) is 4.74 Å². The van der Waals surface area contributed by atoms with Crippen LogP contribution in [0.2, 0.25) is 19.1 Å². The van der Waals surface area contributed by atoms with Crippen molar-refractivity contribution in [2.24, 2.45) is 0 Å². The van der Waals surface area contributed by atoms with Gasteiger partial charge in [-0.15, -0.1) is 0 Å². The number of unbranched alkanes of at least 4 members (excludes halogenated alkanes) is 1. The molecule has 3 aromatic carbocycles. The van der Waals surface area contributed by atoms with Crippen LogP contribution in [-0.4, -0.2) is 20.1 Å². The minimum Gasteiger partial charge on any atom is -0.459 e. The van der Waals surface area contributed by atoms with Gasteiger partial charge in [0, 0.05) is 0 Å². The van der Waals surface area contributed by atoms with E-state index >= 15 is 0 Å². The quantitative estimate of drug-likeness (QED) is 0.194. The number of rotatable bonds is 11. The zero-order valence-corrected chi connectivity index (χ0v) is 19.8. The Labute approximate surface area is 188 Å². The SMILES string of the molecule is C[Si](C)(CCCCC(CCc1ccccc1)OC(=O)c1ccccc1)c1ccccc1. The zero-order chi connectivity index (χ0) is 21.9. The number of carbonyl (C=O) groups is 1. The van der Waals surface area contributed by atoms with Gasteiger partial charge in [0.2, 0.25) is 0 Å². The van der Waals surface area contributed by atoms with Gasteiger partial charge in [0.05, 0.1) is 13.6 Å². The van der Waals surface area contributed by atoms with E-state index in [1.807, 2.05) is 36.4 Å². The van der Waals surface area contributed by atoms with Gasteiger partial charge in [0.25, 0.3) is 0 Å². The fourth-order valence-electron chi connectivity index (χ4n) is 4.00. The standard InChI is InChI=1S/C28H34O2Si/c1-31(2,27-19-10-5-11-20-27)23-13-12-18-26(22-21-24-14-6-3-7-15-24)30-28(29)25-16-8-4-9-17-25/h3-11,14-17,19-20,26H,12-13,18,21-23H2,1-2H3. The molecule has 162 valence electrons. The van der Waals surface area contributed by atoms with Crippen molar-refractivity contribution >= 4 is 19.2 Å². The Morgan fingerprint density at radius 1 is 0.774 bits per heavy atom. The molecule has 0 heterocycles. The smallest absolute Gasteiger partial charge is 0.338 e. The zero-order valence-electron chi connectivity index (χ0n) is 18.8. The summed E-state index contributed by atoms with van der Waals surface area (Å²) in [5.74, 6) is -0.211. The maximum absolute atomic E-state index is 12.6. The molecule has 3 rings (SSSR count). The highest BCUT2D eigenvalue weighted by Crippen LogP contribution is 2.19. The van der Waals surface area contributed by atoms with Crippen molar-refractivity contribution in [1.29, 1.82) is 0 Å². The Morgan fingerprint density at radius 2 is 1.35 bits per heavy atom. The number of hydrogen-bond donors (Lipinski definition) is 0. The highest BCUT2D eigenvalue weighted by atomic mass is 28.3. The third-order valence-electron chi connectivity index (χ3n) is 6.01. The summed E-state index contributed by atoms with van der Waals surface area (Å²) < 4.78 is 5.95. The molecular weight excluding hydrogens is 396 g/mol. The van der Waals surface area contributed by atoms with E-state index in [1.54, 1.807) is 0 Å². The first-order chi connectivity index (χ1) is 15.0. The Balaban J connectivity index is 1.54. The number of hydrogen-bond acceptors (Lipinski definition) is 2. The first-order valence-electron chi connectivity index (χ1n) is 11.4. The summed E-state index contributed by atoms with van der Waals surface area (Å²) in [6.45, 7) is 4.90. The molecule has 31 heavy (non-hydrogen) atoms. The molecule has 2 nitrogen and oxygen atoms in total. The van der Waals surface area contributed by atoms with E-state index in [9.17, 15) is 4.79 Å². The number of aryl methyl sites for hydroxylation is 1. The average Bonchev–Trinajstić information content (AvgIpc) is 2.82. The van der Waals surface area contributed by atoms with Crippen LogP contribution in [0, 0.1) is 0 Å². The molecule has 0 saturated carbocycles. The molecule has 1 atom stereocenters. The molecule has 1 unspecified atom stereocenters. The number of ether oxygens (including phenoxy) is 1. The third kappa shape index (κ3) is 7.52. The highest BCUT2D eigenvalue weighted by molar-refractivity contribution is 6.89. The van der Waals surface area contributed by atoms with Crippen LogP contribution >= 0.6 is 0 Å². The number of esters is 1. The Morgan fingerprint density at radius 3 is 2.00 bits per heavy atom. The molecule has 0 N–H and O–H groups in total. The molecule has 0 aromatic heterocycles. The average molecular weight is 431 g/mol. The van der Waals surface area contributed by atoms with Crippen molar-refractivity contribution < 1.29 is 9.53 Å². The lowest BCUT2D eigenvalue weighted by Gasteiger charge is -2.24. The van der Waals surface area contributed by atoms with Crippen LogP contribution < -0.4 is 5.19 Å². The van der Waals surface area contributed by atoms with Gasteiger partial charge in [-0.1, -0.05) is 116 Å². The lowest BCUT2D eigenvalue weighted by molar-refractivity contribution is 0.0257. The number of benzene rings is 3. The van der Waals surface area contributed by atoms with Crippen molar-refractivity contribution in [3.8, 4) is 0 Å². The first kappa shape index (κ1) is 23.0. The van der Waals surface area contributed by atoms with Crippen LogP contribution in [-0.2, 0) is 11.2 Å². The molecule has 3 heteroatoms.